The van der Waals surface area contributed by atoms with Gasteiger partial charge in [-0.1, -0.05) is 17.1 Å². The number of hydrogen-bond acceptors (Lipinski definition) is 5. The largest absolute Gasteiger partial charge is 0.335 e. The van der Waals surface area contributed by atoms with Crippen LogP contribution in [-0.2, 0) is 0 Å². The van der Waals surface area contributed by atoms with E-state index in [-0.39, 0.29) is 0 Å². The van der Waals surface area contributed by atoms with E-state index < -0.39 is 0 Å². The van der Waals surface area contributed by atoms with E-state index in [9.17, 15) is 0 Å². The van der Waals surface area contributed by atoms with Gasteiger partial charge < -0.3 is 15.5 Å². The zero-order chi connectivity index (χ0) is 11.5. The second kappa shape index (κ2) is 9.04. The molecule has 0 aromatic heterocycles. The summed E-state index contributed by atoms with van der Waals surface area (Å²) in [6, 6.07) is 0. The van der Waals surface area contributed by atoms with Gasteiger partial charge in [0.25, 0.3) is 0 Å². The van der Waals surface area contributed by atoms with Crippen molar-refractivity contribution in [3.63, 3.8) is 0 Å². The van der Waals surface area contributed by atoms with Crippen molar-refractivity contribution in [3.8, 4) is 0 Å². The van der Waals surface area contributed by atoms with E-state index in [0.717, 1.165) is 0 Å². The highest BCUT2D eigenvalue weighted by Gasteiger charge is 2.01. The summed E-state index contributed by atoms with van der Waals surface area (Å²) in [7, 11) is 0. The van der Waals surface area contributed by atoms with Crippen LogP contribution in [0.1, 0.15) is 6.92 Å². The van der Waals surface area contributed by atoms with Crippen LogP contribution in [0.15, 0.2) is 22.6 Å². The quantitative estimate of drug-likeness (QED) is 0.104. The molecule has 0 heterocycles. The molecule has 15 heavy (non-hydrogen) atoms. The molecule has 3 N–H and O–H groups in total. The highest BCUT2D eigenvalue weighted by Crippen LogP contribution is 1.94. The molecule has 0 amide bonds. The van der Waals surface area contributed by atoms with E-state index in [2.05, 4.69) is 19.8 Å². The van der Waals surface area contributed by atoms with Crippen LogP contribution in [0.3, 0.4) is 0 Å². The molecule has 0 rings (SSSR count). The second-order valence-electron chi connectivity index (χ2n) is 2.46. The fourth-order valence-corrected chi connectivity index (χ4v) is 1.00. The number of rotatable bonds is 6. The van der Waals surface area contributed by atoms with E-state index in [4.69, 9.17) is 11.4 Å². The number of nitrogens with one attached hydrogen (secondary N) is 1. The molecule has 0 fully saturated rings. The molecule has 0 aliphatic heterocycles. The summed E-state index contributed by atoms with van der Waals surface area (Å²) in [5.41, 5.74) is 8.14. The van der Waals surface area contributed by atoms with Crippen LogP contribution in [0.5, 0.6) is 0 Å². The number of hydrazone groups is 1. The predicted molar refractivity (Wildman–Crippen MR) is 63.8 cm³/mol. The molecule has 7 nitrogen and oxygen atoms in total. The van der Waals surface area contributed by atoms with Gasteiger partial charge in [-0.3, -0.25) is 0 Å². The summed E-state index contributed by atoms with van der Waals surface area (Å²) < 4.78 is 2.94. The first kappa shape index (κ1) is 13.5. The lowest BCUT2D eigenvalue weighted by molar-refractivity contribution is 0.557. The Balaban J connectivity index is 4.24. The molecular weight excluding hydrogens is 214 g/mol. The van der Waals surface area contributed by atoms with Crippen molar-refractivity contribution in [3.05, 3.63) is 22.8 Å². The average Bonchev–Trinajstić information content (AvgIpc) is 2.26. The molecular formula is C7H15N7S. The SMILES string of the molecule is CSN/C=C\N(CCN=[N+]=[N-])/C(C)=N/N. The third kappa shape index (κ3) is 6.53. The molecule has 0 bridgehead atoms. The molecule has 0 spiro atoms. The third-order valence-electron chi connectivity index (χ3n) is 1.55. The van der Waals surface area contributed by atoms with Crippen molar-refractivity contribution < 1.29 is 0 Å². The topological polar surface area (TPSA) is 102 Å². The highest BCUT2D eigenvalue weighted by molar-refractivity contribution is 7.96. The monoisotopic (exact) mass is 229 g/mol. The van der Waals surface area contributed by atoms with Crippen LogP contribution in [0, 0.1) is 0 Å². The number of nitrogens with two attached hydrogens (primary N) is 1. The van der Waals surface area contributed by atoms with Crippen molar-refractivity contribution >= 4 is 17.8 Å². The summed E-state index contributed by atoms with van der Waals surface area (Å²) in [5.74, 6) is 5.82. The summed E-state index contributed by atoms with van der Waals surface area (Å²) in [4.78, 5) is 4.46. The third-order valence-corrected chi connectivity index (χ3v) is 1.92. The van der Waals surface area contributed by atoms with Crippen molar-refractivity contribution in [2.45, 2.75) is 6.92 Å². The fraction of sp³-hybridized carbons (Fsp3) is 0.571. The number of nitrogens with zero attached hydrogens (tertiary/aromatic N) is 5. The zero-order valence-corrected chi connectivity index (χ0v) is 9.61. The first-order valence-corrected chi connectivity index (χ1v) is 5.46. The minimum Gasteiger partial charge on any atom is -0.335 e. The first-order chi connectivity index (χ1) is 7.26. The molecule has 0 aliphatic carbocycles. The smallest absolute Gasteiger partial charge is 0.125 e. The summed E-state index contributed by atoms with van der Waals surface area (Å²) in [6.07, 6.45) is 5.46. The molecule has 0 aliphatic rings. The van der Waals surface area contributed by atoms with Crippen LogP contribution in [-0.4, -0.2) is 30.1 Å². The Hall–Kier alpha value is -1.53. The van der Waals surface area contributed by atoms with Crippen LogP contribution in [0.4, 0.5) is 0 Å². The lowest BCUT2D eigenvalue weighted by Crippen LogP contribution is -2.27. The minimum atomic E-state index is 0.368. The Labute approximate surface area is 93.1 Å². The van der Waals surface area contributed by atoms with Crippen molar-refractivity contribution in [2.24, 2.45) is 16.1 Å². The minimum absolute atomic E-state index is 0.368. The Morgan fingerprint density at radius 3 is 3.00 bits per heavy atom. The lowest BCUT2D eigenvalue weighted by Gasteiger charge is -2.17. The van der Waals surface area contributed by atoms with Crippen LogP contribution in [0.2, 0.25) is 0 Å². The zero-order valence-electron chi connectivity index (χ0n) is 8.79. The number of hydrogen-bond donors (Lipinski definition) is 2. The Bertz CT molecular complexity index is 269. The van der Waals surface area contributed by atoms with Gasteiger partial charge in [0, 0.05) is 36.7 Å². The van der Waals surface area contributed by atoms with E-state index in [1.807, 2.05) is 6.26 Å². The standard InChI is InChI=1S/C7H15N7S/c1-7(12-8)14(5-3-10-13-9)6-4-11-15-2/h4,6,11H,3,5,8H2,1-2H3/b6-4-,12-7+. The normalized spacial score (nSPS) is 11.2. The predicted octanol–water partition coefficient (Wildman–Crippen LogP) is 1.23. The van der Waals surface area contributed by atoms with E-state index in [1.54, 1.807) is 24.2 Å². The van der Waals surface area contributed by atoms with Crippen LogP contribution in [0.25, 0.3) is 10.4 Å². The maximum absolute atomic E-state index is 8.14. The van der Waals surface area contributed by atoms with Crippen molar-refractivity contribution in [2.75, 3.05) is 19.3 Å². The lowest BCUT2D eigenvalue weighted by atomic mass is 10.5. The van der Waals surface area contributed by atoms with Crippen LogP contribution >= 0.6 is 11.9 Å². The summed E-state index contributed by atoms with van der Waals surface area (Å²) in [5, 5.41) is 7.01. The van der Waals surface area contributed by atoms with Gasteiger partial charge in [0.2, 0.25) is 0 Å². The van der Waals surface area contributed by atoms with Gasteiger partial charge in [-0.25, -0.2) is 0 Å². The maximum Gasteiger partial charge on any atom is 0.125 e. The van der Waals surface area contributed by atoms with Gasteiger partial charge in [0.05, 0.1) is 0 Å². The van der Waals surface area contributed by atoms with E-state index in [0.29, 0.717) is 18.9 Å². The maximum atomic E-state index is 8.14. The molecule has 0 unspecified atom stereocenters. The first-order valence-electron chi connectivity index (χ1n) is 4.23. The molecule has 0 aromatic carbocycles. The van der Waals surface area contributed by atoms with Gasteiger partial charge in [-0.2, -0.15) is 5.10 Å². The van der Waals surface area contributed by atoms with Gasteiger partial charge in [-0.05, 0) is 12.5 Å². The van der Waals surface area contributed by atoms with E-state index in [1.165, 1.54) is 11.9 Å². The Morgan fingerprint density at radius 2 is 2.47 bits per heavy atom. The second-order valence-corrected chi connectivity index (χ2v) is 3.11. The van der Waals surface area contributed by atoms with E-state index >= 15 is 0 Å². The van der Waals surface area contributed by atoms with Gasteiger partial charge in [-0.15, -0.1) is 0 Å². The summed E-state index contributed by atoms with van der Waals surface area (Å²) in [6.45, 7) is 2.69. The molecule has 84 valence electrons. The summed E-state index contributed by atoms with van der Waals surface area (Å²) >= 11 is 1.47. The average molecular weight is 229 g/mol. The fourth-order valence-electron chi connectivity index (χ4n) is 0.804. The van der Waals surface area contributed by atoms with Gasteiger partial charge >= 0.3 is 0 Å². The molecule has 0 atom stereocenters. The number of amidine groups is 1. The van der Waals surface area contributed by atoms with Gasteiger partial charge in [0.1, 0.15) is 5.84 Å². The van der Waals surface area contributed by atoms with Crippen LogP contribution < -0.4 is 10.6 Å². The molecule has 0 aromatic rings. The van der Waals surface area contributed by atoms with Crippen molar-refractivity contribution in [1.82, 2.24) is 9.62 Å². The molecule has 0 saturated heterocycles. The van der Waals surface area contributed by atoms with Crippen molar-refractivity contribution in [1.29, 1.82) is 0 Å². The highest BCUT2D eigenvalue weighted by atomic mass is 32.2. The molecule has 0 radical (unpaired) electrons. The Morgan fingerprint density at radius 1 is 1.73 bits per heavy atom. The van der Waals surface area contributed by atoms with Gasteiger partial charge in [0.15, 0.2) is 0 Å². The Kier molecular flexibility index (Phi) is 8.12. The molecule has 0 saturated carbocycles. The number of azide groups is 1. The molecule has 8 heteroatoms.